The molecule has 6 heteroatoms. The van der Waals surface area contributed by atoms with Crippen molar-refractivity contribution < 1.29 is 9.15 Å². The van der Waals surface area contributed by atoms with Gasteiger partial charge in [0.05, 0.1) is 33.1 Å². The van der Waals surface area contributed by atoms with Crippen LogP contribution >= 0.6 is 0 Å². The summed E-state index contributed by atoms with van der Waals surface area (Å²) >= 11 is 0. The van der Waals surface area contributed by atoms with Crippen LogP contribution in [0, 0.1) is 0 Å². The Morgan fingerprint density at radius 2 is 1.45 bits per heavy atom. The third-order valence-electron chi connectivity index (χ3n) is 10.9. The molecule has 6 nitrogen and oxygen atoms in total. The molecular formula is C45H26N4O2. The monoisotopic (exact) mass is 654 g/mol. The van der Waals surface area contributed by atoms with Crippen LogP contribution < -0.4 is 4.74 Å². The molecule has 10 aromatic rings. The fourth-order valence-electron chi connectivity index (χ4n) is 8.61. The Hall–Kier alpha value is -6.79. The number of fused-ring (bicyclic) bond motifs is 12. The van der Waals surface area contributed by atoms with E-state index in [4.69, 9.17) is 19.1 Å². The van der Waals surface area contributed by atoms with Crippen molar-refractivity contribution in [3.8, 4) is 28.3 Å². The number of para-hydroxylation sites is 3. The second-order valence-corrected chi connectivity index (χ2v) is 13.5. The Balaban J connectivity index is 1.02. The average molecular weight is 655 g/mol. The molecule has 12 rings (SSSR count). The topological polar surface area (TPSA) is 65.5 Å². The number of aromatic nitrogens is 4. The van der Waals surface area contributed by atoms with E-state index in [0.29, 0.717) is 5.82 Å². The number of oxazole rings is 1. The first-order valence-corrected chi connectivity index (χ1v) is 17.2. The van der Waals surface area contributed by atoms with Gasteiger partial charge in [-0.1, -0.05) is 97.1 Å². The number of nitrogens with zero attached hydrogens (tertiary/aromatic N) is 4. The normalized spacial score (nSPS) is 16.8. The van der Waals surface area contributed by atoms with E-state index in [1.54, 1.807) is 6.39 Å². The summed E-state index contributed by atoms with van der Waals surface area (Å²) in [4.78, 5) is 15.0. The molecule has 4 aromatic heterocycles. The first-order chi connectivity index (χ1) is 25.3. The molecule has 2 aliphatic rings. The van der Waals surface area contributed by atoms with Gasteiger partial charge >= 0.3 is 0 Å². The van der Waals surface area contributed by atoms with E-state index in [2.05, 4.69) is 137 Å². The highest BCUT2D eigenvalue weighted by atomic mass is 16.5. The second-order valence-electron chi connectivity index (χ2n) is 13.5. The molecule has 6 aromatic carbocycles. The molecule has 0 spiro atoms. The van der Waals surface area contributed by atoms with E-state index in [0.717, 1.165) is 72.0 Å². The lowest BCUT2D eigenvalue weighted by Gasteiger charge is -2.23. The van der Waals surface area contributed by atoms with Gasteiger partial charge in [-0.3, -0.25) is 0 Å². The average Bonchev–Trinajstić information content (AvgIpc) is 3.97. The largest absolute Gasteiger partial charge is 0.484 e. The Kier molecular flexibility index (Phi) is 5.25. The smallest absolute Gasteiger partial charge is 0.182 e. The van der Waals surface area contributed by atoms with E-state index in [1.807, 2.05) is 12.1 Å². The molecule has 0 fully saturated rings. The molecule has 2 unspecified atom stereocenters. The molecule has 0 bridgehead atoms. The zero-order valence-electron chi connectivity index (χ0n) is 27.1. The summed E-state index contributed by atoms with van der Waals surface area (Å²) in [7, 11) is 0. The van der Waals surface area contributed by atoms with E-state index >= 15 is 0 Å². The fourth-order valence-corrected chi connectivity index (χ4v) is 8.61. The van der Waals surface area contributed by atoms with Gasteiger partial charge in [0.15, 0.2) is 17.8 Å². The fraction of sp³-hybridized carbons (Fsp3) is 0.0444. The third kappa shape index (κ3) is 3.68. The maximum absolute atomic E-state index is 6.58. The quantitative estimate of drug-likeness (QED) is 0.190. The number of allylic oxidation sites excluding steroid dienone is 2. The summed E-state index contributed by atoms with van der Waals surface area (Å²) in [5.74, 6) is 1.77. The minimum absolute atomic E-state index is 0.144. The van der Waals surface area contributed by atoms with Crippen molar-refractivity contribution in [3.05, 3.63) is 157 Å². The molecule has 238 valence electrons. The SMILES string of the molecule is C1=CC2c3ccccc3OC2C(c2nc(-c3cccc(-c4ccc5c(c4)c4c6ocnc6cc6c7ccccc7n5c64)c3)nc3ccccc23)=C1. The highest BCUT2D eigenvalue weighted by Gasteiger charge is 2.38. The molecule has 5 heterocycles. The van der Waals surface area contributed by atoms with E-state index < -0.39 is 0 Å². The van der Waals surface area contributed by atoms with E-state index in [-0.39, 0.29) is 12.0 Å². The van der Waals surface area contributed by atoms with Crippen molar-refractivity contribution in [2.75, 3.05) is 0 Å². The number of hydrogen-bond donors (Lipinski definition) is 0. The standard InChI is InChI=1S/C45H26N4O2/c1-4-16-35-31(13-1)41(32-15-8-14-30-29-12-3-6-18-39(29)51-43(30)32)48-45(47-35)27-10-7-9-25(21-27)26-19-20-38-34(22-26)40-42-33(23-36-44(40)50-24-46-36)28-11-2-5-17-37(28)49(38)42/h1-24,30,43H. The summed E-state index contributed by atoms with van der Waals surface area (Å²) < 4.78 is 15.0. The molecule has 0 saturated carbocycles. The molecule has 0 saturated heterocycles. The lowest BCUT2D eigenvalue weighted by molar-refractivity contribution is 0.278. The van der Waals surface area contributed by atoms with Crippen molar-refractivity contribution in [3.63, 3.8) is 0 Å². The van der Waals surface area contributed by atoms with E-state index in [1.165, 1.54) is 27.4 Å². The van der Waals surface area contributed by atoms with Crippen LogP contribution in [0.4, 0.5) is 0 Å². The first kappa shape index (κ1) is 27.1. The Labute approximate surface area is 290 Å². The number of hydrogen-bond acceptors (Lipinski definition) is 5. The van der Waals surface area contributed by atoms with Gasteiger partial charge in [-0.05, 0) is 53.6 Å². The van der Waals surface area contributed by atoms with Gasteiger partial charge in [0.25, 0.3) is 0 Å². The van der Waals surface area contributed by atoms with Crippen molar-refractivity contribution in [1.29, 1.82) is 0 Å². The van der Waals surface area contributed by atoms with Crippen LogP contribution in [0.3, 0.4) is 0 Å². The van der Waals surface area contributed by atoms with Crippen LogP contribution in [0.1, 0.15) is 17.2 Å². The van der Waals surface area contributed by atoms with Crippen LogP contribution in [-0.2, 0) is 0 Å². The third-order valence-corrected chi connectivity index (χ3v) is 10.9. The zero-order valence-corrected chi connectivity index (χ0v) is 27.1. The van der Waals surface area contributed by atoms with E-state index in [9.17, 15) is 0 Å². The lowest BCUT2D eigenvalue weighted by atomic mass is 9.85. The molecule has 1 aliphatic carbocycles. The van der Waals surface area contributed by atoms with Gasteiger partial charge in [-0.15, -0.1) is 0 Å². The number of rotatable bonds is 3. The summed E-state index contributed by atoms with van der Waals surface area (Å²) in [6.07, 6.45) is 7.93. The van der Waals surface area contributed by atoms with Crippen molar-refractivity contribution in [2.24, 2.45) is 0 Å². The molecule has 2 atom stereocenters. The highest BCUT2D eigenvalue weighted by molar-refractivity contribution is 6.30. The summed E-state index contributed by atoms with van der Waals surface area (Å²) in [5, 5.41) is 5.65. The molecular weight excluding hydrogens is 629 g/mol. The van der Waals surface area contributed by atoms with Crippen LogP contribution in [0.5, 0.6) is 5.75 Å². The Morgan fingerprint density at radius 1 is 0.627 bits per heavy atom. The minimum atomic E-state index is -0.145. The summed E-state index contributed by atoms with van der Waals surface area (Å²) in [6, 6.07) is 42.6. The Bertz CT molecular complexity index is 3150. The highest BCUT2D eigenvalue weighted by Crippen LogP contribution is 2.47. The molecule has 0 radical (unpaired) electrons. The van der Waals surface area contributed by atoms with Crippen LogP contribution in [0.2, 0.25) is 0 Å². The molecule has 0 N–H and O–H groups in total. The van der Waals surface area contributed by atoms with Gasteiger partial charge in [0.2, 0.25) is 0 Å². The van der Waals surface area contributed by atoms with Gasteiger partial charge in [0.1, 0.15) is 17.4 Å². The Morgan fingerprint density at radius 3 is 2.43 bits per heavy atom. The van der Waals surface area contributed by atoms with Crippen LogP contribution in [-0.4, -0.2) is 25.5 Å². The van der Waals surface area contributed by atoms with Gasteiger partial charge in [-0.25, -0.2) is 15.0 Å². The zero-order chi connectivity index (χ0) is 33.2. The molecule has 1 aliphatic heterocycles. The number of ether oxygens (including phenoxy) is 1. The molecule has 0 amide bonds. The maximum atomic E-state index is 6.58. The van der Waals surface area contributed by atoms with Gasteiger partial charge in [-0.2, -0.15) is 0 Å². The maximum Gasteiger partial charge on any atom is 0.182 e. The second kappa shape index (κ2) is 9.89. The lowest BCUT2D eigenvalue weighted by Crippen LogP contribution is -2.22. The van der Waals surface area contributed by atoms with Gasteiger partial charge < -0.3 is 13.6 Å². The molecule has 51 heavy (non-hydrogen) atoms. The van der Waals surface area contributed by atoms with Crippen molar-refractivity contribution >= 4 is 65.7 Å². The van der Waals surface area contributed by atoms with Crippen LogP contribution in [0.15, 0.2) is 150 Å². The number of benzene rings is 6. The first-order valence-electron chi connectivity index (χ1n) is 17.2. The van der Waals surface area contributed by atoms with Gasteiger partial charge in [0, 0.05) is 44.2 Å². The van der Waals surface area contributed by atoms with Crippen LogP contribution in [0.25, 0.3) is 88.2 Å². The predicted octanol–water partition coefficient (Wildman–Crippen LogP) is 10.8. The summed E-state index contributed by atoms with van der Waals surface area (Å²) in [5.41, 5.74) is 12.4. The van der Waals surface area contributed by atoms with Crippen molar-refractivity contribution in [2.45, 2.75) is 12.0 Å². The predicted molar refractivity (Wildman–Crippen MR) is 203 cm³/mol. The van der Waals surface area contributed by atoms with Crippen molar-refractivity contribution in [1.82, 2.24) is 19.4 Å². The minimum Gasteiger partial charge on any atom is -0.484 e. The summed E-state index contributed by atoms with van der Waals surface area (Å²) in [6.45, 7) is 0.